The third kappa shape index (κ3) is 4.32. The van der Waals surface area contributed by atoms with Crippen molar-refractivity contribution >= 4 is 23.2 Å². The minimum Gasteiger partial charge on any atom is -0.293 e. The van der Waals surface area contributed by atoms with Crippen molar-refractivity contribution < 1.29 is 14.4 Å². The standard InChI is InChI=1S/C30H22N2O3/c33-28-23-18-10-11-19-24(23)29(34)26(28)27(31-32-30(35)22-16-8-3-9-17-22)25(20-12-4-1-5-13-20)21-14-6-2-7-15-21/h1-19,25-26H,(H,32,35)/b31-27+. The van der Waals surface area contributed by atoms with E-state index in [4.69, 9.17) is 0 Å². The Hall–Kier alpha value is -4.64. The van der Waals surface area contributed by atoms with E-state index in [-0.39, 0.29) is 17.3 Å². The van der Waals surface area contributed by atoms with Crippen LogP contribution in [0.5, 0.6) is 0 Å². The predicted octanol–water partition coefficient (Wildman–Crippen LogP) is 5.30. The van der Waals surface area contributed by atoms with Gasteiger partial charge in [0.05, 0.1) is 11.6 Å². The first kappa shape index (κ1) is 22.2. The molecule has 0 saturated heterocycles. The monoisotopic (exact) mass is 458 g/mol. The van der Waals surface area contributed by atoms with Crippen molar-refractivity contribution in [2.45, 2.75) is 5.92 Å². The minimum absolute atomic E-state index is 0.290. The summed E-state index contributed by atoms with van der Waals surface area (Å²) in [5.41, 5.74) is 5.81. The maximum absolute atomic E-state index is 13.5. The number of fused-ring (bicyclic) bond motifs is 1. The highest BCUT2D eigenvalue weighted by Crippen LogP contribution is 2.35. The molecular weight excluding hydrogens is 436 g/mol. The molecule has 0 spiro atoms. The Labute approximate surface area is 203 Å². The summed E-state index contributed by atoms with van der Waals surface area (Å²) in [6.07, 6.45) is 0. The Kier molecular flexibility index (Phi) is 6.14. The van der Waals surface area contributed by atoms with Crippen LogP contribution in [0.2, 0.25) is 0 Å². The zero-order chi connectivity index (χ0) is 24.2. The van der Waals surface area contributed by atoms with Gasteiger partial charge < -0.3 is 0 Å². The van der Waals surface area contributed by atoms with Gasteiger partial charge in [-0.05, 0) is 23.3 Å². The fraction of sp³-hybridized carbons (Fsp3) is 0.0667. The number of benzene rings is 4. The smallest absolute Gasteiger partial charge is 0.271 e. The van der Waals surface area contributed by atoms with Crippen LogP contribution >= 0.6 is 0 Å². The number of hydrogen-bond acceptors (Lipinski definition) is 4. The number of carbonyl (C=O) groups is 3. The number of hydrogen-bond donors (Lipinski definition) is 1. The summed E-state index contributed by atoms with van der Waals surface area (Å²) in [6.45, 7) is 0. The number of nitrogens with zero attached hydrogens (tertiary/aromatic N) is 1. The molecule has 1 amide bonds. The quantitative estimate of drug-likeness (QED) is 0.242. The average molecular weight is 459 g/mol. The van der Waals surface area contributed by atoms with E-state index in [1.54, 1.807) is 48.5 Å². The van der Waals surface area contributed by atoms with Gasteiger partial charge in [0.2, 0.25) is 0 Å². The number of nitrogens with one attached hydrogen (secondary N) is 1. The van der Waals surface area contributed by atoms with Crippen LogP contribution < -0.4 is 5.43 Å². The summed E-state index contributed by atoms with van der Waals surface area (Å²) in [6, 6.07) is 34.7. The maximum atomic E-state index is 13.5. The van der Waals surface area contributed by atoms with Crippen LogP contribution in [-0.4, -0.2) is 23.2 Å². The van der Waals surface area contributed by atoms with Crippen molar-refractivity contribution in [3.8, 4) is 0 Å². The predicted molar refractivity (Wildman–Crippen MR) is 135 cm³/mol. The topological polar surface area (TPSA) is 75.6 Å². The van der Waals surface area contributed by atoms with E-state index in [0.29, 0.717) is 16.7 Å². The lowest BCUT2D eigenvalue weighted by molar-refractivity contribution is 0.0876. The number of amides is 1. The highest BCUT2D eigenvalue weighted by Gasteiger charge is 2.44. The van der Waals surface area contributed by atoms with Crippen LogP contribution in [0.25, 0.3) is 0 Å². The Balaban J connectivity index is 1.65. The zero-order valence-electron chi connectivity index (χ0n) is 18.8. The molecule has 0 radical (unpaired) electrons. The third-order valence-electron chi connectivity index (χ3n) is 6.16. The van der Waals surface area contributed by atoms with Gasteiger partial charge in [0.1, 0.15) is 5.92 Å². The first-order valence-electron chi connectivity index (χ1n) is 11.4. The van der Waals surface area contributed by atoms with Gasteiger partial charge in [-0.1, -0.05) is 103 Å². The number of Topliss-reactive ketones (excluding diaryl/α,β-unsaturated/α-hetero) is 2. The molecule has 35 heavy (non-hydrogen) atoms. The summed E-state index contributed by atoms with van der Waals surface area (Å²) in [4.78, 5) is 39.9. The van der Waals surface area contributed by atoms with Gasteiger partial charge in [-0.3, -0.25) is 14.4 Å². The maximum Gasteiger partial charge on any atom is 0.271 e. The van der Waals surface area contributed by atoms with E-state index in [9.17, 15) is 14.4 Å². The molecule has 1 N–H and O–H groups in total. The molecule has 0 atom stereocenters. The van der Waals surface area contributed by atoms with E-state index >= 15 is 0 Å². The molecule has 0 fully saturated rings. The van der Waals surface area contributed by atoms with Crippen LogP contribution in [0.15, 0.2) is 120 Å². The highest BCUT2D eigenvalue weighted by molar-refractivity contribution is 6.37. The summed E-state index contributed by atoms with van der Waals surface area (Å²) < 4.78 is 0. The van der Waals surface area contributed by atoms with Crippen molar-refractivity contribution in [1.82, 2.24) is 5.43 Å². The van der Waals surface area contributed by atoms with E-state index in [1.807, 2.05) is 66.7 Å². The van der Waals surface area contributed by atoms with Crippen molar-refractivity contribution in [1.29, 1.82) is 0 Å². The van der Waals surface area contributed by atoms with Gasteiger partial charge in [0.25, 0.3) is 5.91 Å². The summed E-state index contributed by atoms with van der Waals surface area (Å²) >= 11 is 0. The molecule has 0 unspecified atom stereocenters. The molecular formula is C30H22N2O3. The third-order valence-corrected chi connectivity index (χ3v) is 6.16. The molecule has 0 saturated carbocycles. The molecule has 4 aromatic rings. The number of hydrazone groups is 1. The molecule has 1 aliphatic carbocycles. The van der Waals surface area contributed by atoms with Crippen molar-refractivity contribution in [2.24, 2.45) is 11.0 Å². The Bertz CT molecular complexity index is 1340. The second-order valence-electron chi connectivity index (χ2n) is 8.31. The zero-order valence-corrected chi connectivity index (χ0v) is 18.8. The van der Waals surface area contributed by atoms with Crippen LogP contribution in [-0.2, 0) is 0 Å². The second kappa shape index (κ2) is 9.69. The summed E-state index contributed by atoms with van der Waals surface area (Å²) in [5, 5.41) is 4.49. The minimum atomic E-state index is -1.13. The van der Waals surface area contributed by atoms with Crippen LogP contribution in [0, 0.1) is 5.92 Å². The summed E-state index contributed by atoms with van der Waals surface area (Å²) in [5.74, 6) is -2.68. The van der Waals surface area contributed by atoms with Gasteiger partial charge in [0, 0.05) is 16.7 Å². The summed E-state index contributed by atoms with van der Waals surface area (Å²) in [7, 11) is 0. The van der Waals surface area contributed by atoms with E-state index in [0.717, 1.165) is 11.1 Å². The van der Waals surface area contributed by atoms with E-state index in [1.165, 1.54) is 0 Å². The number of rotatable bonds is 6. The van der Waals surface area contributed by atoms with Gasteiger partial charge >= 0.3 is 0 Å². The molecule has 0 bridgehead atoms. The van der Waals surface area contributed by atoms with Gasteiger partial charge in [-0.2, -0.15) is 5.10 Å². The van der Waals surface area contributed by atoms with Crippen LogP contribution in [0.1, 0.15) is 48.1 Å². The van der Waals surface area contributed by atoms with Gasteiger partial charge in [0.15, 0.2) is 11.6 Å². The van der Waals surface area contributed by atoms with E-state index < -0.39 is 17.7 Å². The van der Waals surface area contributed by atoms with Crippen molar-refractivity contribution in [3.05, 3.63) is 143 Å². The second-order valence-corrected chi connectivity index (χ2v) is 8.31. The molecule has 0 heterocycles. The number of ketones is 2. The molecule has 170 valence electrons. The average Bonchev–Trinajstić information content (AvgIpc) is 3.17. The molecule has 5 heteroatoms. The van der Waals surface area contributed by atoms with Crippen molar-refractivity contribution in [2.75, 3.05) is 0 Å². The van der Waals surface area contributed by atoms with E-state index in [2.05, 4.69) is 10.5 Å². The fourth-order valence-electron chi connectivity index (χ4n) is 4.50. The largest absolute Gasteiger partial charge is 0.293 e. The first-order chi connectivity index (χ1) is 17.1. The lowest BCUT2D eigenvalue weighted by Gasteiger charge is -2.23. The molecule has 5 rings (SSSR count). The highest BCUT2D eigenvalue weighted by atomic mass is 16.2. The number of carbonyl (C=O) groups excluding carboxylic acids is 3. The lowest BCUT2D eigenvalue weighted by atomic mass is 9.80. The Morgan fingerprint density at radius 1 is 0.629 bits per heavy atom. The Morgan fingerprint density at radius 3 is 1.54 bits per heavy atom. The lowest BCUT2D eigenvalue weighted by Crippen LogP contribution is -2.34. The molecule has 4 aromatic carbocycles. The molecule has 0 aromatic heterocycles. The normalized spacial score (nSPS) is 13.7. The van der Waals surface area contributed by atoms with Crippen LogP contribution in [0.4, 0.5) is 0 Å². The molecule has 1 aliphatic rings. The fourth-order valence-corrected chi connectivity index (χ4v) is 4.50. The Morgan fingerprint density at radius 2 is 1.06 bits per heavy atom. The van der Waals surface area contributed by atoms with Crippen molar-refractivity contribution in [3.63, 3.8) is 0 Å². The van der Waals surface area contributed by atoms with Gasteiger partial charge in [-0.25, -0.2) is 5.43 Å². The molecule has 0 aliphatic heterocycles. The SMILES string of the molecule is O=C(N/N=C(/C1C(=O)c2ccccc2C1=O)C(c1ccccc1)c1ccccc1)c1ccccc1. The molecule has 5 nitrogen and oxygen atoms in total. The first-order valence-corrected chi connectivity index (χ1v) is 11.4. The van der Waals surface area contributed by atoms with Crippen LogP contribution in [0.3, 0.4) is 0 Å². The van der Waals surface area contributed by atoms with Gasteiger partial charge in [-0.15, -0.1) is 0 Å².